The van der Waals surface area contributed by atoms with E-state index in [1.165, 1.54) is 6.26 Å². The molecule has 0 bridgehead atoms. The fourth-order valence-electron chi connectivity index (χ4n) is 1.24. The van der Waals surface area contributed by atoms with Crippen LogP contribution in [0.25, 0.3) is 0 Å². The van der Waals surface area contributed by atoms with Crippen LogP contribution in [0, 0.1) is 0 Å². The summed E-state index contributed by atoms with van der Waals surface area (Å²) in [5.74, 6) is 1.45. The van der Waals surface area contributed by atoms with Crippen LogP contribution < -0.4 is 15.1 Å². The van der Waals surface area contributed by atoms with Gasteiger partial charge in [0.05, 0.1) is 5.75 Å². The van der Waals surface area contributed by atoms with Crippen molar-refractivity contribution in [1.82, 2.24) is 15.0 Å². The molecular formula is C10H20N6O2S. The maximum atomic E-state index is 11.2. The van der Waals surface area contributed by atoms with Gasteiger partial charge in [0, 0.05) is 41.0 Å². The van der Waals surface area contributed by atoms with Gasteiger partial charge in [0.2, 0.25) is 17.8 Å². The quantitative estimate of drug-likeness (QED) is 0.746. The molecule has 0 spiro atoms. The number of rotatable bonds is 6. The Morgan fingerprint density at radius 1 is 1.11 bits per heavy atom. The molecule has 0 amide bonds. The first-order valence-corrected chi connectivity index (χ1v) is 7.79. The minimum absolute atomic E-state index is 0.0569. The predicted molar refractivity (Wildman–Crippen MR) is 76.7 cm³/mol. The Hall–Kier alpha value is -1.64. The minimum Gasteiger partial charge on any atom is -0.357 e. The first-order chi connectivity index (χ1) is 8.73. The molecule has 1 aromatic rings. The van der Waals surface area contributed by atoms with Crippen LogP contribution in [0.5, 0.6) is 0 Å². The standard InChI is InChI=1S/C10H20N6O2S/c1-11-8-12-9(15(2)3)14-10(13-8)16(4)6-7-19(5,17)18/h6-7H2,1-5H3,(H,11,12,13,14). The number of sulfone groups is 1. The second kappa shape index (κ2) is 6.00. The predicted octanol–water partition coefficient (Wildman–Crippen LogP) is -0.540. The van der Waals surface area contributed by atoms with E-state index in [9.17, 15) is 8.42 Å². The van der Waals surface area contributed by atoms with Gasteiger partial charge in [-0.1, -0.05) is 0 Å². The summed E-state index contributed by atoms with van der Waals surface area (Å²) >= 11 is 0. The van der Waals surface area contributed by atoms with Gasteiger partial charge in [0.15, 0.2) is 0 Å². The third kappa shape index (κ3) is 4.86. The maximum absolute atomic E-state index is 11.2. The summed E-state index contributed by atoms with van der Waals surface area (Å²) in [5, 5.41) is 2.86. The molecule has 1 N–H and O–H groups in total. The van der Waals surface area contributed by atoms with Crippen LogP contribution in [0.4, 0.5) is 17.8 Å². The molecule has 1 rings (SSSR count). The van der Waals surface area contributed by atoms with Gasteiger partial charge in [-0.15, -0.1) is 0 Å². The maximum Gasteiger partial charge on any atom is 0.231 e. The number of nitrogens with zero attached hydrogens (tertiary/aromatic N) is 5. The van der Waals surface area contributed by atoms with Crippen molar-refractivity contribution in [1.29, 1.82) is 0 Å². The third-order valence-electron chi connectivity index (χ3n) is 2.37. The fraction of sp³-hybridized carbons (Fsp3) is 0.700. The number of anilines is 3. The van der Waals surface area contributed by atoms with Crippen LogP contribution >= 0.6 is 0 Å². The van der Waals surface area contributed by atoms with Gasteiger partial charge in [0.1, 0.15) is 9.84 Å². The van der Waals surface area contributed by atoms with Gasteiger partial charge < -0.3 is 15.1 Å². The van der Waals surface area contributed by atoms with Crippen LogP contribution in [0.1, 0.15) is 0 Å². The second-order valence-corrected chi connectivity index (χ2v) is 6.71. The second-order valence-electron chi connectivity index (χ2n) is 4.45. The summed E-state index contributed by atoms with van der Waals surface area (Å²) in [7, 11) is 4.12. The Bertz CT molecular complexity index is 531. The highest BCUT2D eigenvalue weighted by atomic mass is 32.2. The molecule has 0 aliphatic rings. The molecule has 1 aromatic heterocycles. The molecule has 0 saturated heterocycles. The lowest BCUT2D eigenvalue weighted by molar-refractivity contribution is 0.601. The Kier molecular flexibility index (Phi) is 4.87. The van der Waals surface area contributed by atoms with Gasteiger partial charge in [-0.25, -0.2) is 8.42 Å². The zero-order chi connectivity index (χ0) is 14.6. The lowest BCUT2D eigenvalue weighted by atomic mass is 10.6. The topological polar surface area (TPSA) is 91.3 Å². The molecule has 0 atom stereocenters. The summed E-state index contributed by atoms with van der Waals surface area (Å²) in [6.45, 7) is 0.332. The monoisotopic (exact) mass is 288 g/mol. The summed E-state index contributed by atoms with van der Waals surface area (Å²) in [6.07, 6.45) is 1.21. The number of nitrogens with one attached hydrogen (secondary N) is 1. The number of hydrogen-bond donors (Lipinski definition) is 1. The molecule has 19 heavy (non-hydrogen) atoms. The average Bonchev–Trinajstić information content (AvgIpc) is 2.34. The third-order valence-corrected chi connectivity index (χ3v) is 3.30. The van der Waals surface area contributed by atoms with Crippen molar-refractivity contribution in [2.45, 2.75) is 0 Å². The van der Waals surface area contributed by atoms with Gasteiger partial charge in [-0.3, -0.25) is 0 Å². The van der Waals surface area contributed by atoms with Gasteiger partial charge in [-0.05, 0) is 0 Å². The average molecular weight is 288 g/mol. The van der Waals surface area contributed by atoms with E-state index in [4.69, 9.17) is 0 Å². The van der Waals surface area contributed by atoms with Crippen molar-refractivity contribution in [3.05, 3.63) is 0 Å². The van der Waals surface area contributed by atoms with Gasteiger partial charge in [-0.2, -0.15) is 15.0 Å². The van der Waals surface area contributed by atoms with Crippen LogP contribution in [-0.2, 0) is 9.84 Å². The number of aromatic nitrogens is 3. The van der Waals surface area contributed by atoms with Crippen molar-refractivity contribution >= 4 is 27.7 Å². The van der Waals surface area contributed by atoms with Crippen molar-refractivity contribution in [2.75, 3.05) is 61.9 Å². The fourth-order valence-corrected chi connectivity index (χ4v) is 1.84. The lowest BCUT2D eigenvalue weighted by Crippen LogP contribution is -2.28. The molecule has 0 fully saturated rings. The summed E-state index contributed by atoms with van der Waals surface area (Å²) < 4.78 is 22.3. The molecule has 1 heterocycles. The molecule has 0 radical (unpaired) electrons. The summed E-state index contributed by atoms with van der Waals surface area (Å²) in [6, 6.07) is 0. The Morgan fingerprint density at radius 2 is 1.68 bits per heavy atom. The van der Waals surface area contributed by atoms with Crippen LogP contribution in [0.2, 0.25) is 0 Å². The van der Waals surface area contributed by atoms with E-state index in [2.05, 4.69) is 20.3 Å². The lowest BCUT2D eigenvalue weighted by Gasteiger charge is -2.19. The molecule has 0 unspecified atom stereocenters. The molecule has 0 aromatic carbocycles. The molecule has 108 valence electrons. The highest BCUT2D eigenvalue weighted by Crippen LogP contribution is 2.13. The smallest absolute Gasteiger partial charge is 0.231 e. The Balaban J connectivity index is 2.95. The highest BCUT2D eigenvalue weighted by molar-refractivity contribution is 7.90. The van der Waals surface area contributed by atoms with Crippen LogP contribution in [-0.4, -0.2) is 70.1 Å². The van der Waals surface area contributed by atoms with E-state index in [0.717, 1.165) is 0 Å². The van der Waals surface area contributed by atoms with Crippen molar-refractivity contribution in [3.63, 3.8) is 0 Å². The summed E-state index contributed by atoms with van der Waals surface area (Å²) in [5.41, 5.74) is 0. The zero-order valence-corrected chi connectivity index (χ0v) is 12.7. The highest BCUT2D eigenvalue weighted by Gasteiger charge is 2.12. The largest absolute Gasteiger partial charge is 0.357 e. The molecule has 9 heteroatoms. The normalized spacial score (nSPS) is 11.2. The summed E-state index contributed by atoms with van der Waals surface area (Å²) in [4.78, 5) is 16.1. The first-order valence-electron chi connectivity index (χ1n) is 5.73. The Morgan fingerprint density at radius 3 is 2.16 bits per heavy atom. The Labute approximate surface area is 113 Å². The van der Waals surface area contributed by atoms with Crippen LogP contribution in [0.15, 0.2) is 0 Å². The van der Waals surface area contributed by atoms with Crippen molar-refractivity contribution in [3.8, 4) is 0 Å². The van der Waals surface area contributed by atoms with E-state index in [1.54, 1.807) is 23.9 Å². The zero-order valence-electron chi connectivity index (χ0n) is 11.9. The van der Waals surface area contributed by atoms with Crippen molar-refractivity contribution in [2.24, 2.45) is 0 Å². The van der Waals surface area contributed by atoms with Gasteiger partial charge in [0.25, 0.3) is 0 Å². The van der Waals surface area contributed by atoms with Crippen molar-refractivity contribution < 1.29 is 8.42 Å². The first kappa shape index (κ1) is 15.4. The number of hydrogen-bond acceptors (Lipinski definition) is 8. The molecule has 0 saturated carbocycles. The van der Waals surface area contributed by atoms with E-state index < -0.39 is 9.84 Å². The van der Waals surface area contributed by atoms with E-state index in [1.807, 2.05) is 14.1 Å². The van der Waals surface area contributed by atoms with Gasteiger partial charge >= 0.3 is 0 Å². The molecular weight excluding hydrogens is 268 g/mol. The molecule has 0 aliphatic heterocycles. The molecule has 0 aliphatic carbocycles. The van der Waals surface area contributed by atoms with E-state index in [0.29, 0.717) is 24.4 Å². The molecule has 8 nitrogen and oxygen atoms in total. The van der Waals surface area contributed by atoms with Crippen LogP contribution in [0.3, 0.4) is 0 Å². The minimum atomic E-state index is -3.01. The van der Waals surface area contributed by atoms with E-state index >= 15 is 0 Å². The van der Waals surface area contributed by atoms with E-state index in [-0.39, 0.29) is 5.75 Å². The SMILES string of the molecule is CNc1nc(N(C)C)nc(N(C)CCS(C)(=O)=O)n1.